The molecular weight excluding hydrogens is 322 g/mol. The number of hydrogen-bond acceptors (Lipinski definition) is 2. The molecule has 0 rings (SSSR count). The zero-order valence-electron chi connectivity index (χ0n) is 17.5. The number of aliphatic hydroxyl groups is 1. The van der Waals surface area contributed by atoms with Gasteiger partial charge in [-0.1, -0.05) is 71.6 Å². The van der Waals surface area contributed by atoms with Crippen LogP contribution in [0.4, 0.5) is 0 Å². The molecule has 0 radical (unpaired) electrons. The molecule has 152 valence electrons. The summed E-state index contributed by atoms with van der Waals surface area (Å²) in [5.41, 5.74) is 0. The van der Waals surface area contributed by atoms with Crippen LogP contribution in [0.1, 0.15) is 117 Å². The van der Waals surface area contributed by atoms with E-state index in [1.165, 1.54) is 57.8 Å². The highest BCUT2D eigenvalue weighted by Crippen LogP contribution is 2.08. The molecule has 0 spiro atoms. The van der Waals surface area contributed by atoms with Gasteiger partial charge in [-0.05, 0) is 25.7 Å². The van der Waals surface area contributed by atoms with Crippen molar-refractivity contribution >= 4 is 5.91 Å². The lowest BCUT2D eigenvalue weighted by atomic mass is 10.1. The lowest BCUT2D eigenvalue weighted by Gasteiger charge is -2.15. The van der Waals surface area contributed by atoms with Crippen molar-refractivity contribution in [3.8, 4) is 11.8 Å². The van der Waals surface area contributed by atoms with Crippen molar-refractivity contribution in [1.29, 1.82) is 0 Å². The number of rotatable bonds is 17. The second kappa shape index (κ2) is 20.3. The first-order chi connectivity index (χ1) is 12.7. The lowest BCUT2D eigenvalue weighted by molar-refractivity contribution is -0.122. The van der Waals surface area contributed by atoms with Gasteiger partial charge in [0.15, 0.2) is 0 Å². The van der Waals surface area contributed by atoms with Crippen LogP contribution < -0.4 is 5.32 Å². The van der Waals surface area contributed by atoms with E-state index in [4.69, 9.17) is 0 Å². The first-order valence-electron chi connectivity index (χ1n) is 11.1. The Bertz CT molecular complexity index is 370. The van der Waals surface area contributed by atoms with Crippen LogP contribution in [0.2, 0.25) is 0 Å². The van der Waals surface area contributed by atoms with Crippen LogP contribution in [0.5, 0.6) is 0 Å². The molecule has 0 saturated carbocycles. The largest absolute Gasteiger partial charge is 0.394 e. The Morgan fingerprint density at radius 3 is 1.88 bits per heavy atom. The highest BCUT2D eigenvalue weighted by Gasteiger charge is 2.09. The number of nitrogens with one attached hydrogen (secondary N) is 1. The van der Waals surface area contributed by atoms with Gasteiger partial charge in [0, 0.05) is 19.3 Å². The summed E-state index contributed by atoms with van der Waals surface area (Å²) in [6, 6.07) is -0.0672. The van der Waals surface area contributed by atoms with Gasteiger partial charge in [-0.2, -0.15) is 0 Å². The Labute approximate surface area is 162 Å². The number of hydrogen-bond donors (Lipinski definition) is 2. The fourth-order valence-corrected chi connectivity index (χ4v) is 3.06. The second-order valence-corrected chi connectivity index (χ2v) is 7.37. The lowest BCUT2D eigenvalue weighted by Crippen LogP contribution is -2.37. The third-order valence-corrected chi connectivity index (χ3v) is 4.71. The van der Waals surface area contributed by atoms with Crippen molar-refractivity contribution in [3.05, 3.63) is 0 Å². The Morgan fingerprint density at radius 2 is 1.35 bits per heavy atom. The van der Waals surface area contributed by atoms with Gasteiger partial charge in [0.1, 0.15) is 0 Å². The summed E-state index contributed by atoms with van der Waals surface area (Å²) in [7, 11) is 0. The van der Waals surface area contributed by atoms with Crippen LogP contribution in [-0.2, 0) is 4.79 Å². The molecule has 3 nitrogen and oxygen atoms in total. The molecule has 0 heterocycles. The van der Waals surface area contributed by atoms with E-state index in [9.17, 15) is 9.90 Å². The molecule has 2 N–H and O–H groups in total. The summed E-state index contributed by atoms with van der Waals surface area (Å²) in [6.45, 7) is 4.36. The normalized spacial score (nSPS) is 11.7. The van der Waals surface area contributed by atoms with Crippen LogP contribution in [0.25, 0.3) is 0 Å². The van der Waals surface area contributed by atoms with E-state index in [1.807, 2.05) is 0 Å². The van der Waals surface area contributed by atoms with Crippen molar-refractivity contribution < 1.29 is 9.90 Å². The van der Waals surface area contributed by atoms with Gasteiger partial charge in [-0.15, -0.1) is 11.8 Å². The van der Waals surface area contributed by atoms with Gasteiger partial charge in [0.05, 0.1) is 12.6 Å². The molecule has 0 fully saturated rings. The quantitative estimate of drug-likeness (QED) is 0.255. The highest BCUT2D eigenvalue weighted by atomic mass is 16.3. The average molecular weight is 366 g/mol. The maximum absolute atomic E-state index is 11.8. The van der Waals surface area contributed by atoms with Crippen LogP contribution in [0.3, 0.4) is 0 Å². The van der Waals surface area contributed by atoms with Gasteiger partial charge in [0.2, 0.25) is 5.91 Å². The summed E-state index contributed by atoms with van der Waals surface area (Å²) in [6.07, 6.45) is 18.1. The summed E-state index contributed by atoms with van der Waals surface area (Å²) in [4.78, 5) is 11.8. The Kier molecular flexibility index (Phi) is 19.5. The first kappa shape index (κ1) is 25.0. The summed E-state index contributed by atoms with van der Waals surface area (Å²) in [5, 5.41) is 12.1. The summed E-state index contributed by atoms with van der Waals surface area (Å²) >= 11 is 0. The molecule has 1 atom stereocenters. The van der Waals surface area contributed by atoms with Crippen LogP contribution in [0.15, 0.2) is 0 Å². The third-order valence-electron chi connectivity index (χ3n) is 4.71. The van der Waals surface area contributed by atoms with Crippen molar-refractivity contribution in [2.24, 2.45) is 0 Å². The molecule has 0 aliphatic carbocycles. The van der Waals surface area contributed by atoms with Crippen LogP contribution >= 0.6 is 0 Å². The number of carbonyl (C=O) groups excluding carboxylic acids is 1. The molecule has 1 amide bonds. The summed E-state index contributed by atoms with van der Waals surface area (Å²) < 4.78 is 0. The molecule has 1 unspecified atom stereocenters. The molecule has 0 aliphatic rings. The number of aliphatic hydroxyl groups excluding tert-OH is 1. The first-order valence-corrected chi connectivity index (χ1v) is 11.1. The number of carbonyl (C=O) groups is 1. The predicted molar refractivity (Wildman–Crippen MR) is 112 cm³/mol. The van der Waals surface area contributed by atoms with Crippen molar-refractivity contribution in [3.63, 3.8) is 0 Å². The van der Waals surface area contributed by atoms with Gasteiger partial charge < -0.3 is 10.4 Å². The molecule has 0 bridgehead atoms. The topological polar surface area (TPSA) is 49.3 Å². The highest BCUT2D eigenvalue weighted by molar-refractivity contribution is 5.76. The Hall–Kier alpha value is -1.01. The van der Waals surface area contributed by atoms with E-state index < -0.39 is 0 Å². The van der Waals surface area contributed by atoms with Crippen molar-refractivity contribution in [2.75, 3.05) is 6.61 Å². The molecule has 0 aliphatic heterocycles. The van der Waals surface area contributed by atoms with Gasteiger partial charge in [-0.3, -0.25) is 4.79 Å². The van der Waals surface area contributed by atoms with Crippen LogP contribution in [-0.4, -0.2) is 23.7 Å². The fourth-order valence-electron chi connectivity index (χ4n) is 3.06. The zero-order valence-corrected chi connectivity index (χ0v) is 17.5. The Balaban J connectivity index is 3.36. The van der Waals surface area contributed by atoms with E-state index in [2.05, 4.69) is 31.0 Å². The molecule has 0 aromatic heterocycles. The second-order valence-electron chi connectivity index (χ2n) is 7.37. The molecule has 3 heteroatoms. The third kappa shape index (κ3) is 17.8. The Morgan fingerprint density at radius 1 is 0.808 bits per heavy atom. The SMILES string of the molecule is CCCCCCCCC#CCCCCCCCC(=O)NC(CO)CCC. The standard InChI is InChI=1S/C23H43NO2/c1-3-5-6-7-8-9-10-11-12-13-14-15-16-17-18-20-23(26)24-22(21-25)19-4-2/h22,25H,3-10,13-21H2,1-2H3,(H,24,26). The summed E-state index contributed by atoms with van der Waals surface area (Å²) in [5.74, 6) is 6.68. The monoisotopic (exact) mass is 365 g/mol. The zero-order chi connectivity index (χ0) is 19.3. The van der Waals surface area contributed by atoms with E-state index in [0.717, 1.165) is 38.5 Å². The maximum atomic E-state index is 11.8. The van der Waals surface area contributed by atoms with Crippen LogP contribution in [0, 0.1) is 11.8 Å². The maximum Gasteiger partial charge on any atom is 0.220 e. The smallest absolute Gasteiger partial charge is 0.220 e. The minimum Gasteiger partial charge on any atom is -0.394 e. The number of amides is 1. The average Bonchev–Trinajstić information content (AvgIpc) is 2.64. The van der Waals surface area contributed by atoms with E-state index in [-0.39, 0.29) is 18.6 Å². The number of unbranched alkanes of at least 4 members (excludes halogenated alkanes) is 11. The predicted octanol–water partition coefficient (Wildman–Crippen LogP) is 5.75. The molecule has 26 heavy (non-hydrogen) atoms. The van der Waals surface area contributed by atoms with E-state index in [0.29, 0.717) is 6.42 Å². The van der Waals surface area contributed by atoms with Crippen molar-refractivity contribution in [2.45, 2.75) is 123 Å². The molecule has 0 aromatic carbocycles. The molecular formula is C23H43NO2. The van der Waals surface area contributed by atoms with E-state index >= 15 is 0 Å². The molecule has 0 saturated heterocycles. The minimum atomic E-state index is -0.0672. The van der Waals surface area contributed by atoms with Gasteiger partial charge >= 0.3 is 0 Å². The van der Waals surface area contributed by atoms with Gasteiger partial charge in [-0.25, -0.2) is 0 Å². The molecule has 0 aromatic rings. The fraction of sp³-hybridized carbons (Fsp3) is 0.870. The minimum absolute atomic E-state index is 0.0411. The van der Waals surface area contributed by atoms with Crippen molar-refractivity contribution in [1.82, 2.24) is 5.32 Å². The van der Waals surface area contributed by atoms with E-state index in [1.54, 1.807) is 0 Å². The van der Waals surface area contributed by atoms with Gasteiger partial charge in [0.25, 0.3) is 0 Å².